The number of hydrogen-bond acceptors (Lipinski definition) is 2. The molecule has 0 aromatic heterocycles. The molecule has 0 atom stereocenters. The molecule has 0 saturated carbocycles. The van der Waals surface area contributed by atoms with Crippen molar-refractivity contribution in [3.05, 3.63) is 53.8 Å². The molecule has 22 heavy (non-hydrogen) atoms. The first-order valence-electron chi connectivity index (χ1n) is 6.01. The maximum Gasteiger partial charge on any atom is 0.419 e. The van der Waals surface area contributed by atoms with Crippen molar-refractivity contribution in [2.45, 2.75) is 6.18 Å². The lowest BCUT2D eigenvalue weighted by Gasteiger charge is -2.10. The van der Waals surface area contributed by atoms with Crippen molar-refractivity contribution in [3.8, 4) is 11.1 Å². The maximum atomic E-state index is 13.6. The highest BCUT2D eigenvalue weighted by molar-refractivity contribution is 7.92. The molecule has 118 valence electrons. The van der Waals surface area contributed by atoms with Crippen molar-refractivity contribution in [3.63, 3.8) is 0 Å². The smallest absolute Gasteiger partial charge is 0.284 e. The SMILES string of the molecule is CS(=O)(=O)Nc1cccc(-c2ccc(C(F)(F)F)c(F)c2)c1. The van der Waals surface area contributed by atoms with Gasteiger partial charge >= 0.3 is 6.18 Å². The highest BCUT2D eigenvalue weighted by Gasteiger charge is 2.33. The van der Waals surface area contributed by atoms with Crippen molar-refractivity contribution in [2.24, 2.45) is 0 Å². The molecule has 2 aromatic rings. The first-order chi connectivity index (χ1) is 10.1. The van der Waals surface area contributed by atoms with E-state index in [4.69, 9.17) is 0 Å². The van der Waals surface area contributed by atoms with Crippen molar-refractivity contribution in [2.75, 3.05) is 11.0 Å². The number of hydrogen-bond donors (Lipinski definition) is 1. The molecule has 2 aromatic carbocycles. The molecule has 0 bridgehead atoms. The Labute approximate surface area is 124 Å². The van der Waals surface area contributed by atoms with E-state index >= 15 is 0 Å². The minimum Gasteiger partial charge on any atom is -0.284 e. The van der Waals surface area contributed by atoms with Gasteiger partial charge in [-0.3, -0.25) is 4.72 Å². The third-order valence-corrected chi connectivity index (χ3v) is 3.38. The first kappa shape index (κ1) is 16.3. The Balaban J connectivity index is 2.41. The Kier molecular flexibility index (Phi) is 4.15. The van der Waals surface area contributed by atoms with Gasteiger partial charge in [-0.05, 0) is 35.4 Å². The summed E-state index contributed by atoms with van der Waals surface area (Å²) in [5, 5.41) is 0. The van der Waals surface area contributed by atoms with Gasteiger partial charge in [-0.1, -0.05) is 18.2 Å². The van der Waals surface area contributed by atoms with Gasteiger partial charge in [0.25, 0.3) is 0 Å². The van der Waals surface area contributed by atoms with Crippen LogP contribution in [0.25, 0.3) is 11.1 Å². The van der Waals surface area contributed by atoms with Gasteiger partial charge in [-0.25, -0.2) is 12.8 Å². The Hall–Kier alpha value is -2.09. The normalized spacial score (nSPS) is 12.2. The molecule has 0 aliphatic rings. The minimum absolute atomic E-state index is 0.211. The predicted octanol–water partition coefficient (Wildman–Crippen LogP) is 3.88. The van der Waals surface area contributed by atoms with Crippen LogP contribution in [0.4, 0.5) is 23.2 Å². The van der Waals surface area contributed by atoms with Crippen LogP contribution in [-0.4, -0.2) is 14.7 Å². The lowest BCUT2D eigenvalue weighted by atomic mass is 10.0. The zero-order chi connectivity index (χ0) is 16.5. The van der Waals surface area contributed by atoms with E-state index in [1.54, 1.807) is 0 Å². The molecule has 0 unspecified atom stereocenters. The van der Waals surface area contributed by atoms with Crippen molar-refractivity contribution in [1.29, 1.82) is 0 Å². The number of rotatable bonds is 3. The van der Waals surface area contributed by atoms with Gasteiger partial charge in [0.1, 0.15) is 5.82 Å². The van der Waals surface area contributed by atoms with Crippen LogP contribution < -0.4 is 4.72 Å². The summed E-state index contributed by atoms with van der Waals surface area (Å²) in [7, 11) is -3.48. The van der Waals surface area contributed by atoms with Crippen LogP contribution in [0.1, 0.15) is 5.56 Å². The summed E-state index contributed by atoms with van der Waals surface area (Å²) in [5.74, 6) is -1.38. The van der Waals surface area contributed by atoms with Crippen LogP contribution in [0.5, 0.6) is 0 Å². The van der Waals surface area contributed by atoms with Crippen LogP contribution in [0.3, 0.4) is 0 Å². The summed E-state index contributed by atoms with van der Waals surface area (Å²) >= 11 is 0. The average molecular weight is 333 g/mol. The molecule has 0 fully saturated rings. The molecular formula is C14H11F4NO2S. The van der Waals surface area contributed by atoms with Crippen molar-refractivity contribution in [1.82, 2.24) is 0 Å². The number of nitrogens with one attached hydrogen (secondary N) is 1. The van der Waals surface area contributed by atoms with E-state index in [9.17, 15) is 26.0 Å². The summed E-state index contributed by atoms with van der Waals surface area (Å²) in [6, 6.07) is 8.48. The fourth-order valence-corrected chi connectivity index (χ4v) is 2.46. The molecule has 2 rings (SSSR count). The van der Waals surface area contributed by atoms with Gasteiger partial charge in [0.2, 0.25) is 10.0 Å². The summed E-state index contributed by atoms with van der Waals surface area (Å²) < 4.78 is 75.7. The van der Waals surface area contributed by atoms with Crippen LogP contribution >= 0.6 is 0 Å². The largest absolute Gasteiger partial charge is 0.419 e. The topological polar surface area (TPSA) is 46.2 Å². The maximum absolute atomic E-state index is 13.6. The quantitative estimate of drug-likeness (QED) is 0.867. The Bertz CT molecular complexity index is 801. The third-order valence-electron chi connectivity index (χ3n) is 2.77. The summed E-state index contributed by atoms with van der Waals surface area (Å²) in [5.41, 5.74) is -0.508. The second-order valence-electron chi connectivity index (χ2n) is 4.65. The molecular weight excluding hydrogens is 322 g/mol. The molecule has 0 radical (unpaired) electrons. The second kappa shape index (κ2) is 5.60. The van der Waals surface area contributed by atoms with Crippen molar-refractivity contribution >= 4 is 15.7 Å². The monoisotopic (exact) mass is 333 g/mol. The van der Waals surface area contributed by atoms with Gasteiger partial charge in [0.15, 0.2) is 0 Å². The molecule has 0 amide bonds. The standard InChI is InChI=1S/C14H11F4NO2S/c1-22(20,21)19-11-4-2-3-9(7-11)10-5-6-12(13(15)8-10)14(16,17)18/h2-8,19H,1H3. The number of alkyl halides is 3. The molecule has 0 aliphatic carbocycles. The van der Waals surface area contributed by atoms with Crippen LogP contribution in [0.15, 0.2) is 42.5 Å². The lowest BCUT2D eigenvalue weighted by molar-refractivity contribution is -0.139. The second-order valence-corrected chi connectivity index (χ2v) is 6.40. The summed E-state index contributed by atoms with van der Waals surface area (Å²) in [6.07, 6.45) is -3.79. The van der Waals surface area contributed by atoms with E-state index in [0.29, 0.717) is 11.6 Å². The van der Waals surface area contributed by atoms with Gasteiger partial charge < -0.3 is 0 Å². The zero-order valence-electron chi connectivity index (χ0n) is 11.3. The van der Waals surface area contributed by atoms with Crippen LogP contribution in [0.2, 0.25) is 0 Å². The van der Waals surface area contributed by atoms with Gasteiger partial charge in [-0.2, -0.15) is 13.2 Å². The van der Waals surface area contributed by atoms with Gasteiger partial charge in [-0.15, -0.1) is 0 Å². The van der Waals surface area contributed by atoms with E-state index in [2.05, 4.69) is 4.72 Å². The van der Waals surface area contributed by atoms with E-state index < -0.39 is 27.6 Å². The van der Waals surface area contributed by atoms with E-state index in [-0.39, 0.29) is 11.3 Å². The number of benzene rings is 2. The molecule has 3 nitrogen and oxygen atoms in total. The van der Waals surface area contributed by atoms with Crippen LogP contribution in [-0.2, 0) is 16.2 Å². The Morgan fingerprint density at radius 1 is 1.00 bits per heavy atom. The number of halogens is 4. The number of anilines is 1. The molecule has 1 N–H and O–H groups in total. The van der Waals surface area contributed by atoms with Gasteiger partial charge in [0, 0.05) is 5.69 Å². The third kappa shape index (κ3) is 3.97. The van der Waals surface area contributed by atoms with Crippen LogP contribution in [0, 0.1) is 5.82 Å². The Morgan fingerprint density at radius 3 is 2.18 bits per heavy atom. The highest BCUT2D eigenvalue weighted by Crippen LogP contribution is 2.33. The minimum atomic E-state index is -4.76. The molecule has 0 saturated heterocycles. The van der Waals surface area contributed by atoms with E-state index in [1.807, 2.05) is 0 Å². The molecule has 8 heteroatoms. The van der Waals surface area contributed by atoms with E-state index in [0.717, 1.165) is 18.4 Å². The van der Waals surface area contributed by atoms with Gasteiger partial charge in [0.05, 0.1) is 11.8 Å². The highest BCUT2D eigenvalue weighted by atomic mass is 32.2. The predicted molar refractivity (Wildman–Crippen MR) is 75.3 cm³/mol. The number of sulfonamides is 1. The first-order valence-corrected chi connectivity index (χ1v) is 7.90. The van der Waals surface area contributed by atoms with E-state index in [1.165, 1.54) is 24.3 Å². The molecule has 0 aliphatic heterocycles. The molecule has 0 heterocycles. The fraction of sp³-hybridized carbons (Fsp3) is 0.143. The summed E-state index contributed by atoms with van der Waals surface area (Å²) in [6.45, 7) is 0. The van der Waals surface area contributed by atoms with Crippen molar-refractivity contribution < 1.29 is 26.0 Å². The lowest BCUT2D eigenvalue weighted by Crippen LogP contribution is -2.09. The Morgan fingerprint density at radius 2 is 1.64 bits per heavy atom. The summed E-state index contributed by atoms with van der Waals surface area (Å²) in [4.78, 5) is 0. The zero-order valence-corrected chi connectivity index (χ0v) is 12.1. The molecule has 0 spiro atoms. The fourth-order valence-electron chi connectivity index (χ4n) is 1.90. The average Bonchev–Trinajstić information content (AvgIpc) is 2.35.